The molecule has 1 aromatic heterocycles. The number of cyclic esters (lactones) is 1. The van der Waals surface area contributed by atoms with E-state index in [1.165, 1.54) is 6.08 Å². The lowest BCUT2D eigenvalue weighted by Crippen LogP contribution is -1.96. The van der Waals surface area contributed by atoms with E-state index in [0.717, 1.165) is 0 Å². The predicted octanol–water partition coefficient (Wildman–Crippen LogP) is 4.96. The van der Waals surface area contributed by atoms with Crippen LogP contribution in [0.5, 0.6) is 5.95 Å². The molecule has 0 fully saturated rings. The fourth-order valence-electron chi connectivity index (χ4n) is 3.31. The molecule has 2 heterocycles. The number of nitriles is 2. The van der Waals surface area contributed by atoms with Gasteiger partial charge in [0.25, 0.3) is 0 Å². The zero-order chi connectivity index (χ0) is 21.8. The van der Waals surface area contributed by atoms with Gasteiger partial charge in [0, 0.05) is 11.1 Å². The van der Waals surface area contributed by atoms with Crippen LogP contribution in [0.3, 0.4) is 0 Å². The van der Waals surface area contributed by atoms with Crippen LogP contribution in [0.15, 0.2) is 88.6 Å². The van der Waals surface area contributed by atoms with Crippen molar-refractivity contribution in [2.45, 2.75) is 0 Å². The highest BCUT2D eigenvalue weighted by Crippen LogP contribution is 2.37. The Hall–Kier alpha value is -4.81. The Morgan fingerprint density at radius 2 is 1.55 bits per heavy atom. The van der Waals surface area contributed by atoms with Crippen molar-refractivity contribution < 1.29 is 19.1 Å². The van der Waals surface area contributed by atoms with Crippen LogP contribution in [0.1, 0.15) is 16.9 Å². The Morgan fingerprint density at radius 3 is 2.16 bits per heavy atom. The topological polar surface area (TPSA) is 107 Å². The second-order valence-corrected chi connectivity index (χ2v) is 6.51. The number of esters is 1. The summed E-state index contributed by atoms with van der Waals surface area (Å²) in [6.07, 6.45) is 4.65. The first kappa shape index (κ1) is 19.5. The molecular weight excluding hydrogens is 392 g/mol. The van der Waals surface area contributed by atoms with Gasteiger partial charge in [-0.25, -0.2) is 4.79 Å². The van der Waals surface area contributed by atoms with E-state index >= 15 is 0 Å². The molecule has 6 heteroatoms. The third-order valence-electron chi connectivity index (χ3n) is 4.66. The van der Waals surface area contributed by atoms with Crippen LogP contribution in [0.4, 0.5) is 0 Å². The van der Waals surface area contributed by atoms with Crippen molar-refractivity contribution in [1.82, 2.24) is 0 Å². The highest BCUT2D eigenvalue weighted by molar-refractivity contribution is 6.10. The van der Waals surface area contributed by atoms with Gasteiger partial charge >= 0.3 is 11.9 Å². The first-order chi connectivity index (χ1) is 15.1. The summed E-state index contributed by atoms with van der Waals surface area (Å²) in [7, 11) is 0. The van der Waals surface area contributed by atoms with Crippen molar-refractivity contribution in [3.05, 3.63) is 101 Å². The van der Waals surface area contributed by atoms with E-state index in [9.17, 15) is 20.4 Å². The average molecular weight is 406 g/mol. The van der Waals surface area contributed by atoms with Crippen molar-refractivity contribution in [2.75, 3.05) is 0 Å². The second-order valence-electron chi connectivity index (χ2n) is 6.51. The second kappa shape index (κ2) is 8.28. The van der Waals surface area contributed by atoms with Gasteiger partial charge in [0.15, 0.2) is 0 Å². The average Bonchev–Trinajstić information content (AvgIpc) is 3.30. The van der Waals surface area contributed by atoms with E-state index in [0.29, 0.717) is 22.3 Å². The maximum Gasteiger partial charge on any atom is 0.355 e. The molecule has 0 radical (unpaired) electrons. The summed E-state index contributed by atoms with van der Waals surface area (Å²) >= 11 is 0. The lowest BCUT2D eigenvalue weighted by molar-refractivity contribution is -0.132. The lowest BCUT2D eigenvalue weighted by Gasteiger charge is -2.03. The maximum absolute atomic E-state index is 12.1. The zero-order valence-corrected chi connectivity index (χ0v) is 16.1. The number of carbonyl (C=O) groups is 1. The number of allylic oxidation sites excluding steroid dienone is 3. The van der Waals surface area contributed by atoms with Gasteiger partial charge in [-0.15, -0.1) is 0 Å². The Labute approximate surface area is 177 Å². The molecule has 0 unspecified atom stereocenters. The van der Waals surface area contributed by atoms with E-state index in [2.05, 4.69) is 0 Å². The number of hydrogen-bond acceptors (Lipinski definition) is 6. The minimum Gasteiger partial charge on any atom is -0.480 e. The summed E-state index contributed by atoms with van der Waals surface area (Å²) in [5.74, 6) is -0.695. The standard InChI is InChI=1S/C25H14N2O4/c26-14-18-22(16-8-3-1-4-9-16)20(30-24(18)28)12-7-13-21-23(17-10-5-2-6-11-17)19(15-27)25(29)31-21/h1-13,28H. The molecule has 6 nitrogen and oxygen atoms in total. The molecule has 1 N–H and O–H groups in total. The summed E-state index contributed by atoms with van der Waals surface area (Å²) in [6.45, 7) is 0. The van der Waals surface area contributed by atoms with E-state index in [1.807, 2.05) is 36.4 Å². The monoisotopic (exact) mass is 406 g/mol. The SMILES string of the molecule is N#CC1=C(c2ccccc2)C(=CC=Cc2oc(O)c(C#N)c2-c2ccccc2)OC1=O. The third kappa shape index (κ3) is 3.62. The molecule has 1 aliphatic rings. The van der Waals surface area contributed by atoms with Crippen molar-refractivity contribution in [2.24, 2.45) is 0 Å². The van der Waals surface area contributed by atoms with E-state index in [-0.39, 0.29) is 22.7 Å². The molecule has 31 heavy (non-hydrogen) atoms. The maximum atomic E-state index is 12.1. The molecule has 3 aromatic rings. The largest absolute Gasteiger partial charge is 0.480 e. The predicted molar refractivity (Wildman–Crippen MR) is 113 cm³/mol. The summed E-state index contributed by atoms with van der Waals surface area (Å²) < 4.78 is 10.7. The number of carbonyl (C=O) groups excluding carboxylic acids is 1. The number of ether oxygens (including phenoxy) is 1. The first-order valence-corrected chi connectivity index (χ1v) is 9.26. The van der Waals surface area contributed by atoms with Crippen molar-refractivity contribution in [3.8, 4) is 29.2 Å². The Morgan fingerprint density at radius 1 is 0.903 bits per heavy atom. The molecular formula is C25H14N2O4. The summed E-state index contributed by atoms with van der Waals surface area (Å²) in [6, 6.07) is 21.9. The van der Waals surface area contributed by atoms with Crippen LogP contribution in [0.2, 0.25) is 0 Å². The molecule has 0 atom stereocenters. The smallest absolute Gasteiger partial charge is 0.355 e. The summed E-state index contributed by atoms with van der Waals surface area (Å²) in [4.78, 5) is 12.1. The molecule has 4 rings (SSSR count). The number of hydrogen-bond donors (Lipinski definition) is 1. The van der Waals surface area contributed by atoms with Gasteiger partial charge in [-0.1, -0.05) is 66.7 Å². The highest BCUT2D eigenvalue weighted by atomic mass is 16.5. The van der Waals surface area contributed by atoms with Gasteiger partial charge in [0.05, 0.1) is 0 Å². The zero-order valence-electron chi connectivity index (χ0n) is 16.1. The molecule has 0 bridgehead atoms. The lowest BCUT2D eigenvalue weighted by atomic mass is 10.00. The Kier molecular flexibility index (Phi) is 5.21. The van der Waals surface area contributed by atoms with Gasteiger partial charge in [0.2, 0.25) is 0 Å². The van der Waals surface area contributed by atoms with Crippen LogP contribution in [-0.2, 0) is 9.53 Å². The van der Waals surface area contributed by atoms with Crippen LogP contribution in [0, 0.1) is 22.7 Å². The Balaban J connectivity index is 1.75. The molecule has 2 aromatic carbocycles. The van der Waals surface area contributed by atoms with Gasteiger partial charge in [-0.3, -0.25) is 0 Å². The summed E-state index contributed by atoms with van der Waals surface area (Å²) in [5, 5.41) is 28.8. The third-order valence-corrected chi connectivity index (χ3v) is 4.66. The molecule has 148 valence electrons. The number of rotatable bonds is 4. The molecule has 0 saturated carbocycles. The van der Waals surface area contributed by atoms with Crippen LogP contribution in [0.25, 0.3) is 22.8 Å². The molecule has 0 amide bonds. The van der Waals surface area contributed by atoms with E-state index in [1.54, 1.807) is 48.6 Å². The number of furan rings is 1. The van der Waals surface area contributed by atoms with Crippen molar-refractivity contribution in [3.63, 3.8) is 0 Å². The van der Waals surface area contributed by atoms with Crippen LogP contribution < -0.4 is 0 Å². The van der Waals surface area contributed by atoms with Crippen LogP contribution in [-0.4, -0.2) is 11.1 Å². The van der Waals surface area contributed by atoms with Gasteiger partial charge in [-0.05, 0) is 23.3 Å². The van der Waals surface area contributed by atoms with Gasteiger partial charge in [-0.2, -0.15) is 10.5 Å². The van der Waals surface area contributed by atoms with Gasteiger partial charge in [0.1, 0.15) is 34.8 Å². The van der Waals surface area contributed by atoms with Crippen molar-refractivity contribution in [1.29, 1.82) is 10.5 Å². The minimum atomic E-state index is -0.714. The quantitative estimate of drug-likeness (QED) is 0.614. The minimum absolute atomic E-state index is 0.0300. The van der Waals surface area contributed by atoms with E-state index in [4.69, 9.17) is 9.15 Å². The Bertz CT molecular complexity index is 1330. The number of aromatic hydroxyl groups is 1. The van der Waals surface area contributed by atoms with Gasteiger partial charge < -0.3 is 14.3 Å². The fourth-order valence-corrected chi connectivity index (χ4v) is 3.31. The van der Waals surface area contributed by atoms with Crippen LogP contribution >= 0.6 is 0 Å². The molecule has 0 saturated heterocycles. The normalized spacial score (nSPS) is 14.6. The number of nitrogens with zero attached hydrogens (tertiary/aromatic N) is 2. The molecule has 1 aliphatic heterocycles. The first-order valence-electron chi connectivity index (χ1n) is 9.26. The van der Waals surface area contributed by atoms with Crippen molar-refractivity contribution >= 4 is 17.6 Å². The molecule has 0 aliphatic carbocycles. The number of benzene rings is 2. The fraction of sp³-hybridized carbons (Fsp3) is 0. The molecule has 0 spiro atoms. The highest BCUT2D eigenvalue weighted by Gasteiger charge is 2.30. The van der Waals surface area contributed by atoms with E-state index < -0.39 is 11.9 Å². The summed E-state index contributed by atoms with van der Waals surface area (Å²) in [5.41, 5.74) is 2.20.